The molecule has 5 heteroatoms. The average Bonchev–Trinajstić information content (AvgIpc) is 2.41. The molecule has 0 aliphatic carbocycles. The Hall–Kier alpha value is -1.91. The van der Waals surface area contributed by atoms with Crippen LogP contribution in [0.25, 0.3) is 0 Å². The van der Waals surface area contributed by atoms with Gasteiger partial charge in [-0.2, -0.15) is 0 Å². The van der Waals surface area contributed by atoms with Gasteiger partial charge in [0.05, 0.1) is 0 Å². The number of aromatic nitrogens is 1. The van der Waals surface area contributed by atoms with Crippen molar-refractivity contribution in [1.29, 1.82) is 0 Å². The van der Waals surface area contributed by atoms with E-state index >= 15 is 0 Å². The van der Waals surface area contributed by atoms with Gasteiger partial charge in [-0.3, -0.25) is 4.90 Å². The van der Waals surface area contributed by atoms with Crippen LogP contribution >= 0.6 is 11.6 Å². The fourth-order valence-corrected chi connectivity index (χ4v) is 2.17. The minimum atomic E-state index is -1.01. The van der Waals surface area contributed by atoms with E-state index in [2.05, 4.69) is 9.88 Å². The van der Waals surface area contributed by atoms with Crippen LogP contribution in [0.1, 0.15) is 21.6 Å². The monoisotopic (exact) mass is 290 g/mol. The van der Waals surface area contributed by atoms with E-state index in [0.717, 1.165) is 16.1 Å². The molecule has 1 aromatic heterocycles. The Balaban J connectivity index is 2.05. The second-order valence-corrected chi connectivity index (χ2v) is 5.03. The number of pyridine rings is 1. The van der Waals surface area contributed by atoms with Gasteiger partial charge in [-0.1, -0.05) is 29.8 Å². The third-order valence-electron chi connectivity index (χ3n) is 2.89. The molecular formula is C15H15ClN2O2. The maximum absolute atomic E-state index is 10.9. The minimum absolute atomic E-state index is 0.0636. The van der Waals surface area contributed by atoms with Crippen molar-refractivity contribution >= 4 is 17.6 Å². The molecule has 0 fully saturated rings. The molecule has 0 amide bonds. The first kappa shape index (κ1) is 14.5. The number of carbonyl (C=O) groups is 1. The SMILES string of the molecule is CN(Cc1ccnc(C(=O)O)c1)Cc1ccccc1Cl. The highest BCUT2D eigenvalue weighted by Crippen LogP contribution is 2.17. The van der Waals surface area contributed by atoms with Crippen LogP contribution in [0.15, 0.2) is 42.6 Å². The summed E-state index contributed by atoms with van der Waals surface area (Å²) in [6.45, 7) is 1.33. The van der Waals surface area contributed by atoms with Crippen molar-refractivity contribution in [2.45, 2.75) is 13.1 Å². The summed E-state index contributed by atoms with van der Waals surface area (Å²) in [4.78, 5) is 16.8. The predicted octanol–water partition coefficient (Wildman–Crippen LogP) is 3.07. The summed E-state index contributed by atoms with van der Waals surface area (Å²) in [5, 5.41) is 9.66. The molecule has 1 heterocycles. The van der Waals surface area contributed by atoms with Crippen molar-refractivity contribution in [3.05, 3.63) is 64.4 Å². The van der Waals surface area contributed by atoms with Crippen molar-refractivity contribution in [3.63, 3.8) is 0 Å². The normalized spacial score (nSPS) is 10.8. The average molecular weight is 291 g/mol. The highest BCUT2D eigenvalue weighted by molar-refractivity contribution is 6.31. The third kappa shape index (κ3) is 3.79. The van der Waals surface area contributed by atoms with Gasteiger partial charge in [0.2, 0.25) is 0 Å². The molecule has 104 valence electrons. The molecule has 0 saturated heterocycles. The number of rotatable bonds is 5. The molecule has 0 aliphatic heterocycles. The van der Waals surface area contributed by atoms with Gasteiger partial charge in [-0.15, -0.1) is 0 Å². The lowest BCUT2D eigenvalue weighted by Gasteiger charge is -2.17. The molecule has 0 radical (unpaired) electrons. The Morgan fingerprint density at radius 1 is 1.30 bits per heavy atom. The van der Waals surface area contributed by atoms with Crippen LogP contribution in [-0.4, -0.2) is 28.0 Å². The number of hydrogen-bond acceptors (Lipinski definition) is 3. The number of nitrogens with zero attached hydrogens (tertiary/aromatic N) is 2. The molecule has 4 nitrogen and oxygen atoms in total. The van der Waals surface area contributed by atoms with Gasteiger partial charge < -0.3 is 5.11 Å². The van der Waals surface area contributed by atoms with Crippen LogP contribution in [-0.2, 0) is 13.1 Å². The van der Waals surface area contributed by atoms with Crippen LogP contribution in [0.5, 0.6) is 0 Å². The lowest BCUT2D eigenvalue weighted by molar-refractivity contribution is 0.0690. The van der Waals surface area contributed by atoms with Gasteiger partial charge >= 0.3 is 5.97 Å². The number of carboxylic acids is 1. The minimum Gasteiger partial charge on any atom is -0.477 e. The standard InChI is InChI=1S/C15H15ClN2O2/c1-18(10-12-4-2-3-5-13(12)16)9-11-6-7-17-14(8-11)15(19)20/h2-8H,9-10H2,1H3,(H,19,20). The number of hydrogen-bond donors (Lipinski definition) is 1. The zero-order valence-electron chi connectivity index (χ0n) is 11.1. The smallest absolute Gasteiger partial charge is 0.354 e. The lowest BCUT2D eigenvalue weighted by Crippen LogP contribution is -2.18. The molecule has 1 aromatic carbocycles. The lowest BCUT2D eigenvalue weighted by atomic mass is 10.2. The van der Waals surface area contributed by atoms with Crippen molar-refractivity contribution in [3.8, 4) is 0 Å². The Morgan fingerprint density at radius 2 is 2.05 bits per heavy atom. The van der Waals surface area contributed by atoms with E-state index in [1.54, 1.807) is 6.07 Å². The summed E-state index contributed by atoms with van der Waals surface area (Å²) in [5.74, 6) is -1.01. The third-order valence-corrected chi connectivity index (χ3v) is 3.26. The van der Waals surface area contributed by atoms with E-state index in [1.165, 1.54) is 6.20 Å². The first-order valence-electron chi connectivity index (χ1n) is 6.16. The Morgan fingerprint density at radius 3 is 2.75 bits per heavy atom. The largest absolute Gasteiger partial charge is 0.477 e. The van der Waals surface area contributed by atoms with E-state index in [-0.39, 0.29) is 5.69 Å². The topological polar surface area (TPSA) is 53.4 Å². The van der Waals surface area contributed by atoms with Gasteiger partial charge in [-0.25, -0.2) is 9.78 Å². The van der Waals surface area contributed by atoms with Gasteiger partial charge in [-0.05, 0) is 36.4 Å². The van der Waals surface area contributed by atoms with Gasteiger partial charge in [0.1, 0.15) is 5.69 Å². The molecule has 0 bridgehead atoms. The molecule has 0 unspecified atom stereocenters. The number of aromatic carboxylic acids is 1. The quantitative estimate of drug-likeness (QED) is 0.919. The fourth-order valence-electron chi connectivity index (χ4n) is 1.97. The summed E-state index contributed by atoms with van der Waals surface area (Å²) < 4.78 is 0. The van der Waals surface area contributed by atoms with Crippen molar-refractivity contribution < 1.29 is 9.90 Å². The molecule has 0 spiro atoms. The molecule has 0 saturated carbocycles. The van der Waals surface area contributed by atoms with Crippen LogP contribution < -0.4 is 0 Å². The molecule has 2 aromatic rings. The van der Waals surface area contributed by atoms with E-state index in [1.807, 2.05) is 37.4 Å². The summed E-state index contributed by atoms with van der Waals surface area (Å²) in [5.41, 5.74) is 2.02. The number of halogens is 1. The van der Waals surface area contributed by atoms with Crippen LogP contribution in [0.4, 0.5) is 0 Å². The van der Waals surface area contributed by atoms with E-state index < -0.39 is 5.97 Å². The summed E-state index contributed by atoms with van der Waals surface area (Å²) in [7, 11) is 1.96. The molecule has 2 rings (SSSR count). The van der Waals surface area contributed by atoms with Crippen molar-refractivity contribution in [2.75, 3.05) is 7.05 Å². The van der Waals surface area contributed by atoms with Gasteiger partial charge in [0.15, 0.2) is 0 Å². The van der Waals surface area contributed by atoms with Crippen LogP contribution in [0.2, 0.25) is 5.02 Å². The van der Waals surface area contributed by atoms with Gasteiger partial charge in [0, 0.05) is 24.3 Å². The number of carboxylic acid groups (broad SMARTS) is 1. The maximum Gasteiger partial charge on any atom is 0.354 e. The highest BCUT2D eigenvalue weighted by atomic mass is 35.5. The molecule has 20 heavy (non-hydrogen) atoms. The first-order valence-corrected chi connectivity index (χ1v) is 6.54. The second kappa shape index (κ2) is 6.50. The van der Waals surface area contributed by atoms with Crippen molar-refractivity contribution in [2.24, 2.45) is 0 Å². The van der Waals surface area contributed by atoms with E-state index in [0.29, 0.717) is 13.1 Å². The second-order valence-electron chi connectivity index (χ2n) is 4.62. The van der Waals surface area contributed by atoms with E-state index in [4.69, 9.17) is 16.7 Å². The maximum atomic E-state index is 10.9. The zero-order valence-corrected chi connectivity index (χ0v) is 11.8. The molecule has 0 aliphatic rings. The van der Waals surface area contributed by atoms with E-state index in [9.17, 15) is 4.79 Å². The number of benzene rings is 1. The Labute approximate surface area is 122 Å². The Kier molecular flexibility index (Phi) is 4.71. The highest BCUT2D eigenvalue weighted by Gasteiger charge is 2.08. The molecular weight excluding hydrogens is 276 g/mol. The molecule has 1 N–H and O–H groups in total. The zero-order chi connectivity index (χ0) is 14.5. The van der Waals surface area contributed by atoms with Crippen molar-refractivity contribution in [1.82, 2.24) is 9.88 Å². The predicted molar refractivity (Wildman–Crippen MR) is 77.8 cm³/mol. The summed E-state index contributed by atoms with van der Waals surface area (Å²) in [6.07, 6.45) is 1.52. The fraction of sp³-hybridized carbons (Fsp3) is 0.200. The summed E-state index contributed by atoms with van der Waals surface area (Å²) >= 11 is 6.12. The summed E-state index contributed by atoms with van der Waals surface area (Å²) in [6, 6.07) is 11.1. The van der Waals surface area contributed by atoms with Gasteiger partial charge in [0.25, 0.3) is 0 Å². The van der Waals surface area contributed by atoms with Crippen LogP contribution in [0.3, 0.4) is 0 Å². The Bertz CT molecular complexity index is 616. The van der Waals surface area contributed by atoms with Crippen LogP contribution in [0, 0.1) is 0 Å². The first-order chi connectivity index (χ1) is 9.56. The molecule has 0 atom stereocenters.